The van der Waals surface area contributed by atoms with Crippen LogP contribution in [-0.4, -0.2) is 28.4 Å². The van der Waals surface area contributed by atoms with Crippen molar-refractivity contribution in [2.45, 2.75) is 13.5 Å². The van der Waals surface area contributed by atoms with Crippen LogP contribution in [0.25, 0.3) is 10.2 Å². The van der Waals surface area contributed by atoms with Gasteiger partial charge >= 0.3 is 5.97 Å². The minimum absolute atomic E-state index is 0.218. The lowest BCUT2D eigenvalue weighted by Crippen LogP contribution is -2.17. The van der Waals surface area contributed by atoms with Gasteiger partial charge in [-0.25, -0.2) is 4.79 Å². The molecule has 0 unspecified atom stereocenters. The summed E-state index contributed by atoms with van der Waals surface area (Å²) < 4.78 is 1.75. The Hall–Kier alpha value is -2.39. The summed E-state index contributed by atoms with van der Waals surface area (Å²) in [6, 6.07) is 1.65. The number of pyridine rings is 1. The highest BCUT2D eigenvalue weighted by atomic mass is 32.1. The second-order valence-electron chi connectivity index (χ2n) is 4.00. The number of aromatic nitrogens is 1. The van der Waals surface area contributed by atoms with Crippen molar-refractivity contribution in [2.24, 2.45) is 4.99 Å². The molecule has 2 aromatic heterocycles. The molecule has 0 saturated heterocycles. The topological polar surface area (TPSA) is 71.7 Å². The highest BCUT2D eigenvalue weighted by Crippen LogP contribution is 2.23. The Morgan fingerprint density at radius 3 is 3.00 bits per heavy atom. The number of rotatable bonds is 4. The Labute approximate surface area is 119 Å². The molecule has 0 atom stereocenters. The van der Waals surface area contributed by atoms with E-state index in [1.807, 2.05) is 6.92 Å². The summed E-state index contributed by atoms with van der Waals surface area (Å²) in [5, 5.41) is 9.47. The van der Waals surface area contributed by atoms with Gasteiger partial charge in [0.15, 0.2) is 0 Å². The number of thiophene rings is 1. The van der Waals surface area contributed by atoms with Crippen molar-refractivity contribution < 1.29 is 9.90 Å². The number of hydrogen-bond donors (Lipinski definition) is 1. The number of carbonyl (C=O) groups is 1. The molecule has 0 aromatic carbocycles. The van der Waals surface area contributed by atoms with Crippen LogP contribution in [0.2, 0.25) is 0 Å². The Bertz CT molecular complexity index is 793. The standard InChI is InChI=1S/C14H12N2O3S/c1-3-5-15-7-9-6-10-12(17)11(14(18)19)8-16(4-2)13(10)20-9/h1,6-8H,4-5H2,2H3,(H,18,19)/b15-7+. The molecular formula is C14H12N2O3S. The molecule has 2 aromatic rings. The third kappa shape index (κ3) is 2.49. The fourth-order valence-corrected chi connectivity index (χ4v) is 2.92. The number of nitrogens with zero attached hydrogens (tertiary/aromatic N) is 2. The molecule has 0 amide bonds. The average Bonchev–Trinajstić information content (AvgIpc) is 2.84. The van der Waals surface area contributed by atoms with Crippen molar-refractivity contribution >= 4 is 33.7 Å². The highest BCUT2D eigenvalue weighted by Gasteiger charge is 2.16. The van der Waals surface area contributed by atoms with Crippen LogP contribution in [0.1, 0.15) is 22.2 Å². The molecule has 0 radical (unpaired) electrons. The molecular weight excluding hydrogens is 276 g/mol. The van der Waals surface area contributed by atoms with E-state index in [4.69, 9.17) is 11.5 Å². The number of fused-ring (bicyclic) bond motifs is 1. The van der Waals surface area contributed by atoms with Crippen LogP contribution in [0, 0.1) is 12.3 Å². The van der Waals surface area contributed by atoms with Crippen LogP contribution < -0.4 is 5.43 Å². The second-order valence-corrected chi connectivity index (χ2v) is 5.07. The summed E-state index contributed by atoms with van der Waals surface area (Å²) >= 11 is 1.39. The lowest BCUT2D eigenvalue weighted by molar-refractivity contribution is 0.0695. The second kappa shape index (κ2) is 5.72. The van der Waals surface area contributed by atoms with Gasteiger partial charge in [-0.3, -0.25) is 9.79 Å². The van der Waals surface area contributed by atoms with E-state index in [2.05, 4.69) is 10.9 Å². The summed E-state index contributed by atoms with van der Waals surface area (Å²) in [6.45, 7) is 2.74. The lowest BCUT2D eigenvalue weighted by atomic mass is 10.2. The Morgan fingerprint density at radius 1 is 1.65 bits per heavy atom. The molecule has 6 heteroatoms. The van der Waals surface area contributed by atoms with Gasteiger partial charge in [-0.2, -0.15) is 0 Å². The molecule has 20 heavy (non-hydrogen) atoms. The van der Waals surface area contributed by atoms with Crippen LogP contribution in [-0.2, 0) is 6.54 Å². The smallest absolute Gasteiger partial charge is 0.341 e. The monoisotopic (exact) mass is 288 g/mol. The number of carboxylic acid groups (broad SMARTS) is 1. The summed E-state index contributed by atoms with van der Waals surface area (Å²) in [4.78, 5) is 28.7. The van der Waals surface area contributed by atoms with Crippen molar-refractivity contribution in [1.29, 1.82) is 0 Å². The number of terminal acetylenes is 1. The maximum absolute atomic E-state index is 12.1. The third-order valence-electron chi connectivity index (χ3n) is 2.74. The van der Waals surface area contributed by atoms with E-state index in [0.29, 0.717) is 11.9 Å². The first-order valence-electron chi connectivity index (χ1n) is 5.92. The van der Waals surface area contributed by atoms with E-state index in [0.717, 1.165) is 9.71 Å². The van der Waals surface area contributed by atoms with E-state index < -0.39 is 11.4 Å². The van der Waals surface area contributed by atoms with E-state index >= 15 is 0 Å². The third-order valence-corrected chi connectivity index (χ3v) is 3.85. The summed E-state index contributed by atoms with van der Waals surface area (Å²) in [7, 11) is 0. The maximum atomic E-state index is 12.1. The largest absolute Gasteiger partial charge is 0.477 e. The van der Waals surface area contributed by atoms with E-state index in [9.17, 15) is 9.59 Å². The van der Waals surface area contributed by atoms with Gasteiger partial charge in [0, 0.05) is 23.8 Å². The van der Waals surface area contributed by atoms with Gasteiger partial charge in [-0.05, 0) is 13.0 Å². The van der Waals surface area contributed by atoms with Gasteiger partial charge in [0.2, 0.25) is 5.43 Å². The van der Waals surface area contributed by atoms with Crippen LogP contribution in [0.3, 0.4) is 0 Å². The van der Waals surface area contributed by atoms with Crippen LogP contribution in [0.4, 0.5) is 0 Å². The molecule has 0 aliphatic heterocycles. The van der Waals surface area contributed by atoms with E-state index in [1.165, 1.54) is 17.5 Å². The number of hydrogen-bond acceptors (Lipinski definition) is 4. The zero-order chi connectivity index (χ0) is 14.7. The number of carboxylic acids is 1. The molecule has 0 saturated carbocycles. The van der Waals surface area contributed by atoms with Gasteiger partial charge in [-0.15, -0.1) is 17.8 Å². The highest BCUT2D eigenvalue weighted by molar-refractivity contribution is 7.20. The molecule has 5 nitrogen and oxygen atoms in total. The number of aliphatic imine (C=N–C) groups is 1. The zero-order valence-corrected chi connectivity index (χ0v) is 11.6. The average molecular weight is 288 g/mol. The van der Waals surface area contributed by atoms with Gasteiger partial charge in [0.1, 0.15) is 10.4 Å². The van der Waals surface area contributed by atoms with Gasteiger partial charge in [0.25, 0.3) is 0 Å². The van der Waals surface area contributed by atoms with Crippen LogP contribution in [0.15, 0.2) is 22.1 Å². The molecule has 0 fully saturated rings. The Kier molecular flexibility index (Phi) is 4.01. The lowest BCUT2D eigenvalue weighted by Gasteiger charge is -2.05. The maximum Gasteiger partial charge on any atom is 0.341 e. The van der Waals surface area contributed by atoms with Crippen molar-refractivity contribution in [2.75, 3.05) is 6.54 Å². The minimum atomic E-state index is -1.21. The van der Waals surface area contributed by atoms with Crippen molar-refractivity contribution in [1.82, 2.24) is 4.57 Å². The molecule has 0 bridgehead atoms. The molecule has 102 valence electrons. The molecule has 0 aliphatic rings. The van der Waals surface area contributed by atoms with E-state index in [-0.39, 0.29) is 12.1 Å². The molecule has 1 N–H and O–H groups in total. The summed E-state index contributed by atoms with van der Waals surface area (Å²) in [6.07, 6.45) is 8.09. The molecule has 2 rings (SSSR count). The first kappa shape index (κ1) is 14.0. The fourth-order valence-electron chi connectivity index (χ4n) is 1.83. The van der Waals surface area contributed by atoms with Gasteiger partial charge in [-0.1, -0.05) is 5.92 Å². The minimum Gasteiger partial charge on any atom is -0.477 e. The van der Waals surface area contributed by atoms with Gasteiger partial charge in [0.05, 0.1) is 11.9 Å². The van der Waals surface area contributed by atoms with Crippen molar-refractivity contribution in [3.05, 3.63) is 32.9 Å². The van der Waals surface area contributed by atoms with Crippen molar-refractivity contribution in [3.8, 4) is 12.3 Å². The summed E-state index contributed by atoms with van der Waals surface area (Å²) in [5.41, 5.74) is -0.686. The number of aryl methyl sites for hydroxylation is 1. The first-order valence-corrected chi connectivity index (χ1v) is 6.73. The van der Waals surface area contributed by atoms with Crippen molar-refractivity contribution in [3.63, 3.8) is 0 Å². The fraction of sp³-hybridized carbons (Fsp3) is 0.214. The molecule has 0 aliphatic carbocycles. The normalized spacial score (nSPS) is 11.0. The zero-order valence-electron chi connectivity index (χ0n) is 10.8. The quantitative estimate of drug-likeness (QED) is 0.689. The Morgan fingerprint density at radius 2 is 2.40 bits per heavy atom. The van der Waals surface area contributed by atoms with Crippen LogP contribution >= 0.6 is 11.3 Å². The Balaban J connectivity index is 2.67. The SMILES string of the molecule is C#CC/N=C/c1cc2c(=O)c(C(=O)O)cn(CC)c2s1. The predicted molar refractivity (Wildman–Crippen MR) is 80.0 cm³/mol. The number of aromatic carboxylic acids is 1. The first-order chi connectivity index (χ1) is 9.58. The van der Waals surface area contributed by atoms with Crippen LogP contribution in [0.5, 0.6) is 0 Å². The summed E-state index contributed by atoms with van der Waals surface area (Å²) in [5.74, 6) is 1.18. The van der Waals surface area contributed by atoms with E-state index in [1.54, 1.807) is 16.8 Å². The van der Waals surface area contributed by atoms with Gasteiger partial charge < -0.3 is 9.67 Å². The molecule has 2 heterocycles. The molecule has 0 spiro atoms. The predicted octanol–water partition coefficient (Wildman–Crippen LogP) is 1.83.